The molecule has 0 saturated heterocycles. The summed E-state index contributed by atoms with van der Waals surface area (Å²) in [6.07, 6.45) is 1.64. The first kappa shape index (κ1) is 18.0. The molecular formula is C21H18ClNO3. The molecule has 0 unspecified atom stereocenters. The quantitative estimate of drug-likeness (QED) is 0.600. The number of hydrogen-bond acceptors (Lipinski definition) is 3. The zero-order valence-electron chi connectivity index (χ0n) is 14.5. The van der Waals surface area contributed by atoms with Crippen LogP contribution in [0.25, 0.3) is 6.08 Å². The Balaban J connectivity index is 2.05. The second-order valence-corrected chi connectivity index (χ2v) is 6.32. The summed E-state index contributed by atoms with van der Waals surface area (Å²) in [6, 6.07) is 16.8. The first-order chi connectivity index (χ1) is 12.5. The molecule has 1 amide bonds. The molecule has 0 fully saturated rings. The average Bonchev–Trinajstić information content (AvgIpc) is 2.88. The SMILES string of the molecule is COC(=O)C1=C(C)N(Cc2ccccc2)C(=O)C1=Cc1ccccc1Cl. The van der Waals surface area contributed by atoms with Crippen LogP contribution in [0.15, 0.2) is 71.4 Å². The van der Waals surface area contributed by atoms with E-state index in [2.05, 4.69) is 0 Å². The molecule has 4 nitrogen and oxygen atoms in total. The molecule has 0 spiro atoms. The van der Waals surface area contributed by atoms with Crippen LogP contribution in [-0.2, 0) is 20.9 Å². The fraction of sp³-hybridized carbons (Fsp3) is 0.143. The van der Waals surface area contributed by atoms with Crippen molar-refractivity contribution in [2.75, 3.05) is 7.11 Å². The third-order valence-corrected chi connectivity index (χ3v) is 4.63. The van der Waals surface area contributed by atoms with Crippen LogP contribution in [0.1, 0.15) is 18.1 Å². The van der Waals surface area contributed by atoms with Gasteiger partial charge in [-0.2, -0.15) is 0 Å². The van der Waals surface area contributed by atoms with E-state index >= 15 is 0 Å². The molecule has 3 rings (SSSR count). The molecule has 132 valence electrons. The highest BCUT2D eigenvalue weighted by Gasteiger charge is 2.37. The minimum atomic E-state index is -0.537. The van der Waals surface area contributed by atoms with E-state index in [0.29, 0.717) is 28.4 Å². The molecule has 0 aromatic heterocycles. The monoisotopic (exact) mass is 367 g/mol. The summed E-state index contributed by atoms with van der Waals surface area (Å²) in [5.74, 6) is -0.781. The van der Waals surface area contributed by atoms with Gasteiger partial charge in [0.15, 0.2) is 0 Å². The van der Waals surface area contributed by atoms with Crippen molar-refractivity contribution in [1.82, 2.24) is 4.90 Å². The van der Waals surface area contributed by atoms with Crippen molar-refractivity contribution in [2.45, 2.75) is 13.5 Å². The minimum Gasteiger partial charge on any atom is -0.465 e. The van der Waals surface area contributed by atoms with Gasteiger partial charge >= 0.3 is 5.97 Å². The van der Waals surface area contributed by atoms with Crippen molar-refractivity contribution >= 4 is 29.6 Å². The first-order valence-corrected chi connectivity index (χ1v) is 8.52. The Morgan fingerprint density at radius 2 is 1.77 bits per heavy atom. The Kier molecular flexibility index (Phi) is 5.24. The summed E-state index contributed by atoms with van der Waals surface area (Å²) in [7, 11) is 1.31. The van der Waals surface area contributed by atoms with E-state index in [4.69, 9.17) is 16.3 Å². The highest BCUT2D eigenvalue weighted by Crippen LogP contribution is 2.33. The Labute approximate surface area is 157 Å². The van der Waals surface area contributed by atoms with Crippen LogP contribution in [0.3, 0.4) is 0 Å². The topological polar surface area (TPSA) is 46.6 Å². The van der Waals surface area contributed by atoms with Crippen molar-refractivity contribution in [1.29, 1.82) is 0 Å². The molecule has 0 atom stereocenters. The van der Waals surface area contributed by atoms with Crippen LogP contribution in [0, 0.1) is 0 Å². The number of amides is 1. The van der Waals surface area contributed by atoms with Crippen molar-refractivity contribution in [3.8, 4) is 0 Å². The van der Waals surface area contributed by atoms with Crippen molar-refractivity contribution < 1.29 is 14.3 Å². The molecule has 1 heterocycles. The maximum atomic E-state index is 13.0. The summed E-state index contributed by atoms with van der Waals surface area (Å²) < 4.78 is 4.90. The largest absolute Gasteiger partial charge is 0.465 e. The lowest BCUT2D eigenvalue weighted by Gasteiger charge is -2.17. The Hall–Kier alpha value is -2.85. The standard InChI is InChI=1S/C21H18ClNO3/c1-14-19(21(25)26-2)17(12-16-10-6-7-11-18(16)22)20(24)23(14)13-15-8-4-3-5-9-15/h3-12H,13H2,1-2H3. The third kappa shape index (κ3) is 3.41. The number of hydrogen-bond donors (Lipinski definition) is 0. The van der Waals surface area contributed by atoms with Gasteiger partial charge in [0, 0.05) is 10.7 Å². The van der Waals surface area contributed by atoms with E-state index in [0.717, 1.165) is 5.56 Å². The minimum absolute atomic E-state index is 0.244. The summed E-state index contributed by atoms with van der Waals surface area (Å²) in [6.45, 7) is 2.13. The van der Waals surface area contributed by atoms with E-state index < -0.39 is 5.97 Å². The Morgan fingerprint density at radius 1 is 1.12 bits per heavy atom. The second kappa shape index (κ2) is 7.58. The van der Waals surface area contributed by atoms with Crippen LogP contribution in [0.5, 0.6) is 0 Å². The molecule has 0 radical (unpaired) electrons. The molecule has 0 saturated carbocycles. The van der Waals surface area contributed by atoms with Crippen molar-refractivity contribution in [2.24, 2.45) is 0 Å². The van der Waals surface area contributed by atoms with Crippen LogP contribution < -0.4 is 0 Å². The normalized spacial score (nSPS) is 15.7. The molecule has 2 aromatic carbocycles. The van der Waals surface area contributed by atoms with E-state index in [1.54, 1.807) is 30.0 Å². The molecule has 2 aromatic rings. The smallest absolute Gasteiger partial charge is 0.340 e. The van der Waals surface area contributed by atoms with Gasteiger partial charge in [0.05, 0.1) is 24.8 Å². The lowest BCUT2D eigenvalue weighted by molar-refractivity contribution is -0.136. The number of allylic oxidation sites excluding steroid dienone is 1. The number of ether oxygens (including phenoxy) is 1. The average molecular weight is 368 g/mol. The first-order valence-electron chi connectivity index (χ1n) is 8.14. The van der Waals surface area contributed by atoms with Crippen LogP contribution in [0.4, 0.5) is 0 Å². The Bertz CT molecular complexity index is 916. The second-order valence-electron chi connectivity index (χ2n) is 5.91. The lowest BCUT2D eigenvalue weighted by atomic mass is 10.0. The summed E-state index contributed by atoms with van der Waals surface area (Å²) >= 11 is 6.21. The van der Waals surface area contributed by atoms with Gasteiger partial charge in [-0.3, -0.25) is 4.79 Å². The molecule has 1 aliphatic heterocycles. The summed E-state index contributed by atoms with van der Waals surface area (Å²) in [4.78, 5) is 26.9. The number of methoxy groups -OCH3 is 1. The number of rotatable bonds is 4. The number of carbonyl (C=O) groups excluding carboxylic acids is 2. The maximum absolute atomic E-state index is 13.0. The number of nitrogens with zero attached hydrogens (tertiary/aromatic N) is 1. The number of halogens is 1. The van der Waals surface area contributed by atoms with Crippen molar-refractivity contribution in [3.63, 3.8) is 0 Å². The van der Waals surface area contributed by atoms with Crippen molar-refractivity contribution in [3.05, 3.63) is 87.6 Å². The zero-order chi connectivity index (χ0) is 18.7. The predicted molar refractivity (Wildman–Crippen MR) is 101 cm³/mol. The predicted octanol–water partition coefficient (Wildman–Crippen LogP) is 4.21. The zero-order valence-corrected chi connectivity index (χ0v) is 15.3. The number of carbonyl (C=O) groups is 2. The van der Waals surface area contributed by atoms with E-state index in [1.807, 2.05) is 42.5 Å². The van der Waals surface area contributed by atoms with E-state index in [9.17, 15) is 9.59 Å². The third-order valence-electron chi connectivity index (χ3n) is 4.29. The molecule has 26 heavy (non-hydrogen) atoms. The molecule has 0 aliphatic carbocycles. The van der Waals surface area contributed by atoms with E-state index in [-0.39, 0.29) is 11.5 Å². The highest BCUT2D eigenvalue weighted by atomic mass is 35.5. The molecular weight excluding hydrogens is 350 g/mol. The number of benzene rings is 2. The Morgan fingerprint density at radius 3 is 2.42 bits per heavy atom. The van der Waals surface area contributed by atoms with Gasteiger partial charge in [0.25, 0.3) is 5.91 Å². The van der Waals surface area contributed by atoms with Crippen LogP contribution in [-0.4, -0.2) is 23.9 Å². The lowest BCUT2D eigenvalue weighted by Crippen LogP contribution is -2.24. The summed E-state index contributed by atoms with van der Waals surface area (Å²) in [5.41, 5.74) is 2.78. The maximum Gasteiger partial charge on any atom is 0.340 e. The molecule has 0 bridgehead atoms. The number of esters is 1. The fourth-order valence-corrected chi connectivity index (χ4v) is 3.12. The van der Waals surface area contributed by atoms with Crippen LogP contribution in [0.2, 0.25) is 5.02 Å². The van der Waals surface area contributed by atoms with Gasteiger partial charge in [-0.1, -0.05) is 60.1 Å². The molecule has 1 aliphatic rings. The van der Waals surface area contributed by atoms with Gasteiger partial charge in [-0.15, -0.1) is 0 Å². The highest BCUT2D eigenvalue weighted by molar-refractivity contribution is 6.32. The van der Waals surface area contributed by atoms with Gasteiger partial charge in [0.1, 0.15) is 0 Å². The fourth-order valence-electron chi connectivity index (χ4n) is 2.93. The van der Waals surface area contributed by atoms with Crippen LogP contribution >= 0.6 is 11.6 Å². The molecule has 0 N–H and O–H groups in total. The van der Waals surface area contributed by atoms with Gasteiger partial charge in [0.2, 0.25) is 0 Å². The van der Waals surface area contributed by atoms with Gasteiger partial charge in [-0.25, -0.2) is 4.79 Å². The van der Waals surface area contributed by atoms with Gasteiger partial charge in [-0.05, 0) is 30.2 Å². The summed E-state index contributed by atoms with van der Waals surface area (Å²) in [5, 5.41) is 0.510. The molecule has 5 heteroatoms. The van der Waals surface area contributed by atoms with Gasteiger partial charge < -0.3 is 9.64 Å². The van der Waals surface area contributed by atoms with E-state index in [1.165, 1.54) is 7.11 Å².